The summed E-state index contributed by atoms with van der Waals surface area (Å²) >= 11 is 0. The molecule has 3 aromatic rings. The van der Waals surface area contributed by atoms with E-state index in [1.54, 1.807) is 0 Å². The van der Waals surface area contributed by atoms with Crippen LogP contribution in [0, 0.1) is 0 Å². The van der Waals surface area contributed by atoms with Gasteiger partial charge in [-0.2, -0.15) is 5.10 Å². The van der Waals surface area contributed by atoms with Gasteiger partial charge in [-0.25, -0.2) is 4.99 Å². The van der Waals surface area contributed by atoms with Crippen LogP contribution in [-0.4, -0.2) is 53.8 Å². The Kier molecular flexibility index (Phi) is 5.28. The molecule has 0 atom stereocenters. The van der Waals surface area contributed by atoms with Gasteiger partial charge in [-0.15, -0.1) is 0 Å². The molecule has 2 aliphatic heterocycles. The lowest BCUT2D eigenvalue weighted by Gasteiger charge is -2.29. The first-order chi connectivity index (χ1) is 15.3. The number of hydrogen-bond acceptors (Lipinski definition) is 7. The van der Waals surface area contributed by atoms with Crippen LogP contribution in [-0.2, 0) is 4.74 Å². The highest BCUT2D eigenvalue weighted by atomic mass is 16.5. The van der Waals surface area contributed by atoms with E-state index in [-0.39, 0.29) is 0 Å². The summed E-state index contributed by atoms with van der Waals surface area (Å²) in [5.41, 5.74) is 10.7. The zero-order valence-electron chi connectivity index (χ0n) is 17.2. The first-order valence-corrected chi connectivity index (χ1v) is 10.4. The molecule has 0 unspecified atom stereocenters. The van der Waals surface area contributed by atoms with Crippen LogP contribution in [0.5, 0.6) is 0 Å². The van der Waals surface area contributed by atoms with Crippen LogP contribution in [0.1, 0.15) is 5.56 Å². The molecule has 0 radical (unpaired) electrons. The van der Waals surface area contributed by atoms with Crippen LogP contribution in [0.3, 0.4) is 0 Å². The number of anilines is 2. The molecule has 4 N–H and O–H groups in total. The van der Waals surface area contributed by atoms with Gasteiger partial charge in [0.2, 0.25) is 0 Å². The Hall–Kier alpha value is -3.78. The molecule has 0 amide bonds. The number of fused-ring (bicyclic) bond motifs is 1. The largest absolute Gasteiger partial charge is 0.403 e. The van der Waals surface area contributed by atoms with E-state index in [0.29, 0.717) is 6.54 Å². The molecule has 8 heteroatoms. The van der Waals surface area contributed by atoms with Crippen molar-refractivity contribution < 1.29 is 4.74 Å². The van der Waals surface area contributed by atoms with Gasteiger partial charge in [-0.3, -0.25) is 5.10 Å². The second-order valence-electron chi connectivity index (χ2n) is 7.53. The summed E-state index contributed by atoms with van der Waals surface area (Å²) < 4.78 is 5.44. The normalized spacial score (nSPS) is 17.2. The van der Waals surface area contributed by atoms with Gasteiger partial charge < -0.3 is 25.6 Å². The van der Waals surface area contributed by atoms with Crippen molar-refractivity contribution in [3.8, 4) is 0 Å². The van der Waals surface area contributed by atoms with Gasteiger partial charge in [-0.05, 0) is 30.3 Å². The number of nitrogens with two attached hydrogens (primary N) is 1. The third kappa shape index (κ3) is 4.24. The summed E-state index contributed by atoms with van der Waals surface area (Å²) in [7, 11) is 0. The third-order valence-electron chi connectivity index (χ3n) is 5.42. The number of nitrogens with zero attached hydrogens (tertiary/aromatic N) is 4. The van der Waals surface area contributed by atoms with E-state index >= 15 is 0 Å². The number of aromatic nitrogens is 2. The van der Waals surface area contributed by atoms with Crippen LogP contribution in [0.25, 0.3) is 16.6 Å². The smallest absolute Gasteiger partial charge is 0.127 e. The van der Waals surface area contributed by atoms with Crippen LogP contribution < -0.4 is 16.0 Å². The van der Waals surface area contributed by atoms with E-state index in [1.165, 1.54) is 11.9 Å². The second-order valence-corrected chi connectivity index (χ2v) is 7.53. The molecule has 8 nitrogen and oxygen atoms in total. The third-order valence-corrected chi connectivity index (χ3v) is 5.42. The van der Waals surface area contributed by atoms with Crippen molar-refractivity contribution in [3.63, 3.8) is 0 Å². The molecule has 2 aliphatic rings. The maximum absolute atomic E-state index is 5.65. The summed E-state index contributed by atoms with van der Waals surface area (Å²) in [6, 6.07) is 14.6. The zero-order valence-corrected chi connectivity index (χ0v) is 17.2. The fourth-order valence-electron chi connectivity index (χ4n) is 3.84. The molecule has 0 aliphatic carbocycles. The van der Waals surface area contributed by atoms with Gasteiger partial charge in [0, 0.05) is 54.0 Å². The Morgan fingerprint density at radius 3 is 2.74 bits per heavy atom. The first kappa shape index (κ1) is 19.2. The van der Waals surface area contributed by atoms with E-state index in [2.05, 4.69) is 56.8 Å². The van der Waals surface area contributed by atoms with Gasteiger partial charge in [-0.1, -0.05) is 12.1 Å². The van der Waals surface area contributed by atoms with Crippen molar-refractivity contribution in [3.05, 3.63) is 72.8 Å². The van der Waals surface area contributed by atoms with Gasteiger partial charge >= 0.3 is 0 Å². The summed E-state index contributed by atoms with van der Waals surface area (Å²) in [4.78, 5) is 9.23. The van der Waals surface area contributed by atoms with E-state index in [9.17, 15) is 0 Å². The van der Waals surface area contributed by atoms with Gasteiger partial charge in [0.25, 0.3) is 0 Å². The maximum atomic E-state index is 5.65. The average Bonchev–Trinajstić information content (AvgIpc) is 3.28. The van der Waals surface area contributed by atoms with E-state index in [1.807, 2.05) is 29.6 Å². The van der Waals surface area contributed by atoms with Gasteiger partial charge in [0.1, 0.15) is 5.84 Å². The fourth-order valence-corrected chi connectivity index (χ4v) is 3.84. The number of aromatic amines is 1. The number of aliphatic imine (C=N–C) groups is 1. The molecule has 0 spiro atoms. The van der Waals surface area contributed by atoms with Gasteiger partial charge in [0.15, 0.2) is 0 Å². The predicted octanol–water partition coefficient (Wildman–Crippen LogP) is 2.95. The molecule has 5 rings (SSSR count). The SMILES string of the molecule is N/C=C\N1C=C(c2ccc3cn[nH]c3c2)N=C(Nc2ccc(N3CCOCC3)cc2)C1. The number of H-pyrrole nitrogens is 1. The summed E-state index contributed by atoms with van der Waals surface area (Å²) in [6.07, 6.45) is 7.18. The molecule has 1 fully saturated rings. The van der Waals surface area contributed by atoms with Crippen LogP contribution >= 0.6 is 0 Å². The number of rotatable bonds is 4. The number of nitrogens with one attached hydrogen (secondary N) is 2. The summed E-state index contributed by atoms with van der Waals surface area (Å²) in [6.45, 7) is 4.01. The molecule has 3 heterocycles. The van der Waals surface area contributed by atoms with Crippen molar-refractivity contribution in [2.75, 3.05) is 43.1 Å². The molecule has 1 saturated heterocycles. The molecule has 158 valence electrons. The minimum absolute atomic E-state index is 0.606. The number of morpholine rings is 1. The second kappa shape index (κ2) is 8.53. The van der Waals surface area contributed by atoms with E-state index in [4.69, 9.17) is 15.5 Å². The van der Waals surface area contributed by atoms with Crippen molar-refractivity contribution in [2.45, 2.75) is 0 Å². The Balaban J connectivity index is 1.37. The highest BCUT2D eigenvalue weighted by Gasteiger charge is 2.15. The fraction of sp³-hybridized carbons (Fsp3) is 0.217. The van der Waals surface area contributed by atoms with Crippen molar-refractivity contribution in [1.82, 2.24) is 15.1 Å². The van der Waals surface area contributed by atoms with E-state index in [0.717, 1.165) is 60.0 Å². The lowest BCUT2D eigenvalue weighted by Crippen LogP contribution is -2.36. The molecular weight excluding hydrogens is 390 g/mol. The standard InChI is InChI=1S/C23H25N7O/c24-7-8-29-15-22(17-1-2-18-14-25-28-21(18)13-17)27-23(16-29)26-19-3-5-20(6-4-19)30-9-11-31-12-10-30/h1-8,13-15H,9-12,16,24H2,(H,25,28)(H,26,27)/b8-7-. The number of ether oxygens (including phenoxy) is 1. The molecular formula is C23H25N7O. The predicted molar refractivity (Wildman–Crippen MR) is 125 cm³/mol. The molecule has 2 aromatic carbocycles. The van der Waals surface area contributed by atoms with Crippen LogP contribution in [0.4, 0.5) is 11.4 Å². The van der Waals surface area contributed by atoms with Crippen molar-refractivity contribution >= 4 is 33.8 Å². The Morgan fingerprint density at radius 1 is 1.10 bits per heavy atom. The van der Waals surface area contributed by atoms with Crippen LogP contribution in [0.2, 0.25) is 0 Å². The topological polar surface area (TPSA) is 94.8 Å². The highest BCUT2D eigenvalue weighted by molar-refractivity contribution is 6.01. The number of benzene rings is 2. The van der Waals surface area contributed by atoms with Crippen molar-refractivity contribution in [2.24, 2.45) is 10.7 Å². The van der Waals surface area contributed by atoms with Gasteiger partial charge in [0.05, 0.1) is 37.2 Å². The van der Waals surface area contributed by atoms with Crippen molar-refractivity contribution in [1.29, 1.82) is 0 Å². The maximum Gasteiger partial charge on any atom is 0.127 e. The molecule has 0 bridgehead atoms. The lowest BCUT2D eigenvalue weighted by molar-refractivity contribution is 0.122. The monoisotopic (exact) mass is 415 g/mol. The number of hydrogen-bond donors (Lipinski definition) is 3. The average molecular weight is 416 g/mol. The zero-order chi connectivity index (χ0) is 21.0. The van der Waals surface area contributed by atoms with Crippen LogP contribution in [0.15, 0.2) is 72.3 Å². The Morgan fingerprint density at radius 2 is 1.94 bits per heavy atom. The first-order valence-electron chi connectivity index (χ1n) is 10.4. The Labute approximate surface area is 180 Å². The minimum Gasteiger partial charge on any atom is -0.403 e. The highest BCUT2D eigenvalue weighted by Crippen LogP contribution is 2.25. The quantitative estimate of drug-likeness (QED) is 0.607. The lowest BCUT2D eigenvalue weighted by atomic mass is 10.1. The van der Waals surface area contributed by atoms with E-state index < -0.39 is 0 Å². The summed E-state index contributed by atoms with van der Waals surface area (Å²) in [5, 5.41) is 11.7. The Bertz CT molecular complexity index is 1140. The molecule has 1 aromatic heterocycles. The molecule has 31 heavy (non-hydrogen) atoms. The number of amidine groups is 1. The minimum atomic E-state index is 0.606. The molecule has 0 saturated carbocycles. The summed E-state index contributed by atoms with van der Waals surface area (Å²) in [5.74, 6) is 0.847.